The molecule has 0 aliphatic rings. The van der Waals surface area contributed by atoms with Crippen LogP contribution in [0.3, 0.4) is 0 Å². The Kier molecular flexibility index (Phi) is 6.29. The van der Waals surface area contributed by atoms with Crippen molar-refractivity contribution in [3.8, 4) is 5.75 Å². The zero-order chi connectivity index (χ0) is 19.9. The van der Waals surface area contributed by atoms with Crippen LogP contribution in [0.1, 0.15) is 26.3 Å². The smallest absolute Gasteiger partial charge is 0.257 e. The van der Waals surface area contributed by atoms with Crippen molar-refractivity contribution >= 4 is 29.1 Å². The van der Waals surface area contributed by atoms with Crippen LogP contribution >= 0.6 is 11.6 Å². The highest BCUT2D eigenvalue weighted by Crippen LogP contribution is 2.20. The Morgan fingerprint density at radius 3 is 2.39 bits per heavy atom. The normalized spacial score (nSPS) is 10.2. The Hall–Kier alpha value is -3.31. The lowest BCUT2D eigenvalue weighted by atomic mass is 10.1. The number of para-hydroxylation sites is 2. The number of halogens is 1. The van der Waals surface area contributed by atoms with Gasteiger partial charge in [0.25, 0.3) is 11.8 Å². The third-order valence-corrected chi connectivity index (χ3v) is 4.47. The largest absolute Gasteiger partial charge is 0.496 e. The van der Waals surface area contributed by atoms with E-state index in [-0.39, 0.29) is 22.4 Å². The van der Waals surface area contributed by atoms with E-state index in [1.807, 2.05) is 42.5 Å². The first-order valence-corrected chi connectivity index (χ1v) is 9.02. The van der Waals surface area contributed by atoms with Gasteiger partial charge in [-0.15, -0.1) is 0 Å². The molecule has 0 saturated carbocycles. The summed E-state index contributed by atoms with van der Waals surface area (Å²) in [7, 11) is 1.58. The molecule has 2 N–H and O–H groups in total. The highest BCUT2D eigenvalue weighted by atomic mass is 35.5. The first-order chi connectivity index (χ1) is 13.6. The van der Waals surface area contributed by atoms with Gasteiger partial charge in [-0.25, -0.2) is 0 Å². The fourth-order valence-electron chi connectivity index (χ4n) is 2.69. The molecule has 0 fully saturated rings. The molecule has 3 rings (SSSR count). The van der Waals surface area contributed by atoms with E-state index in [4.69, 9.17) is 16.3 Å². The molecule has 0 aliphatic heterocycles. The first-order valence-electron chi connectivity index (χ1n) is 8.64. The lowest BCUT2D eigenvalue weighted by Gasteiger charge is -2.11. The second kappa shape index (κ2) is 9.06. The van der Waals surface area contributed by atoms with Gasteiger partial charge in [-0.2, -0.15) is 0 Å². The molecule has 6 heteroatoms. The lowest BCUT2D eigenvalue weighted by Crippen LogP contribution is -2.23. The number of carbonyl (C=O) groups is 2. The molecule has 0 saturated heterocycles. The number of ether oxygens (including phenoxy) is 1. The fourth-order valence-corrected chi connectivity index (χ4v) is 2.89. The van der Waals surface area contributed by atoms with Crippen LogP contribution < -0.4 is 15.4 Å². The Balaban J connectivity index is 1.73. The molecule has 0 unspecified atom stereocenters. The zero-order valence-corrected chi connectivity index (χ0v) is 16.0. The molecular weight excluding hydrogens is 376 g/mol. The number of methoxy groups -OCH3 is 1. The first kappa shape index (κ1) is 19.5. The topological polar surface area (TPSA) is 67.4 Å². The van der Waals surface area contributed by atoms with Crippen molar-refractivity contribution < 1.29 is 14.3 Å². The van der Waals surface area contributed by atoms with Crippen molar-refractivity contribution in [3.63, 3.8) is 0 Å². The Morgan fingerprint density at radius 1 is 0.929 bits per heavy atom. The van der Waals surface area contributed by atoms with E-state index in [0.717, 1.165) is 5.56 Å². The van der Waals surface area contributed by atoms with Crippen LogP contribution in [0.4, 0.5) is 5.69 Å². The summed E-state index contributed by atoms with van der Waals surface area (Å²) < 4.78 is 5.28. The monoisotopic (exact) mass is 394 g/mol. The van der Waals surface area contributed by atoms with Crippen molar-refractivity contribution in [2.24, 2.45) is 0 Å². The maximum absolute atomic E-state index is 12.5. The second-order valence-electron chi connectivity index (χ2n) is 6.01. The molecule has 5 nitrogen and oxygen atoms in total. The molecule has 142 valence electrons. The van der Waals surface area contributed by atoms with Crippen molar-refractivity contribution in [2.45, 2.75) is 6.54 Å². The van der Waals surface area contributed by atoms with Gasteiger partial charge >= 0.3 is 0 Å². The Labute approximate surface area is 168 Å². The van der Waals surface area contributed by atoms with Crippen LogP contribution in [0.15, 0.2) is 72.8 Å². The standard InChI is InChI=1S/C22H19ClN2O3/c1-28-20-10-6-5-7-16(20)14-24-21(26)15-11-12-19(23)18(13-15)22(27)25-17-8-3-2-4-9-17/h2-13H,14H2,1H3,(H,24,26)(H,25,27). The summed E-state index contributed by atoms with van der Waals surface area (Å²) in [6.45, 7) is 0.303. The maximum atomic E-state index is 12.5. The third kappa shape index (κ3) is 4.69. The zero-order valence-electron chi connectivity index (χ0n) is 15.2. The Bertz CT molecular complexity index is 990. The maximum Gasteiger partial charge on any atom is 0.257 e. The number of carbonyl (C=O) groups excluding carboxylic acids is 2. The Morgan fingerprint density at radius 2 is 1.64 bits per heavy atom. The van der Waals surface area contributed by atoms with E-state index in [2.05, 4.69) is 10.6 Å². The predicted molar refractivity (Wildman–Crippen MR) is 110 cm³/mol. The van der Waals surface area contributed by atoms with Gasteiger partial charge in [-0.05, 0) is 36.4 Å². The number of hydrogen-bond donors (Lipinski definition) is 2. The second-order valence-corrected chi connectivity index (χ2v) is 6.42. The third-order valence-electron chi connectivity index (χ3n) is 4.14. The van der Waals surface area contributed by atoms with Gasteiger partial charge in [0, 0.05) is 23.4 Å². The number of amides is 2. The van der Waals surface area contributed by atoms with E-state index in [9.17, 15) is 9.59 Å². The van der Waals surface area contributed by atoms with Gasteiger partial charge < -0.3 is 15.4 Å². The average Bonchev–Trinajstić information content (AvgIpc) is 2.73. The van der Waals surface area contributed by atoms with Crippen molar-refractivity contribution in [1.29, 1.82) is 0 Å². The molecule has 3 aromatic carbocycles. The van der Waals surface area contributed by atoms with E-state index in [1.165, 1.54) is 6.07 Å². The van der Waals surface area contributed by atoms with E-state index >= 15 is 0 Å². The SMILES string of the molecule is COc1ccccc1CNC(=O)c1ccc(Cl)c(C(=O)Nc2ccccc2)c1. The fraction of sp³-hybridized carbons (Fsp3) is 0.0909. The van der Waals surface area contributed by atoms with Gasteiger partial charge in [-0.3, -0.25) is 9.59 Å². The van der Waals surface area contributed by atoms with Gasteiger partial charge in [0.2, 0.25) is 0 Å². The highest BCUT2D eigenvalue weighted by molar-refractivity contribution is 6.34. The summed E-state index contributed by atoms with van der Waals surface area (Å²) in [5.41, 5.74) is 2.08. The van der Waals surface area contributed by atoms with Gasteiger partial charge in [-0.1, -0.05) is 48.0 Å². The molecule has 0 radical (unpaired) electrons. The molecule has 2 amide bonds. The summed E-state index contributed by atoms with van der Waals surface area (Å²) in [5, 5.41) is 5.87. The highest BCUT2D eigenvalue weighted by Gasteiger charge is 2.15. The molecule has 0 aliphatic carbocycles. The average molecular weight is 395 g/mol. The van der Waals surface area contributed by atoms with E-state index in [0.29, 0.717) is 23.5 Å². The van der Waals surface area contributed by atoms with E-state index < -0.39 is 0 Å². The predicted octanol–water partition coefficient (Wildman–Crippen LogP) is 4.53. The van der Waals surface area contributed by atoms with Crippen molar-refractivity contribution in [2.75, 3.05) is 12.4 Å². The molecule has 0 spiro atoms. The summed E-state index contributed by atoms with van der Waals surface area (Å²) in [4.78, 5) is 25.1. The van der Waals surface area contributed by atoms with Gasteiger partial charge in [0.15, 0.2) is 0 Å². The van der Waals surface area contributed by atoms with Gasteiger partial charge in [0.05, 0.1) is 17.7 Å². The van der Waals surface area contributed by atoms with Crippen molar-refractivity contribution in [1.82, 2.24) is 5.32 Å². The van der Waals surface area contributed by atoms with Crippen LogP contribution in [0.2, 0.25) is 5.02 Å². The summed E-state index contributed by atoms with van der Waals surface area (Å²) in [5.74, 6) is 0.00810. The quantitative estimate of drug-likeness (QED) is 0.645. The molecule has 0 bridgehead atoms. The molecular formula is C22H19ClN2O3. The van der Waals surface area contributed by atoms with Crippen LogP contribution in [0, 0.1) is 0 Å². The summed E-state index contributed by atoms with van der Waals surface area (Å²) in [6, 6.07) is 21.1. The molecule has 0 aromatic heterocycles. The van der Waals surface area contributed by atoms with Crippen LogP contribution in [0.25, 0.3) is 0 Å². The number of hydrogen-bond acceptors (Lipinski definition) is 3. The molecule has 28 heavy (non-hydrogen) atoms. The molecule has 0 heterocycles. The number of anilines is 1. The van der Waals surface area contributed by atoms with Crippen LogP contribution in [0.5, 0.6) is 5.75 Å². The minimum Gasteiger partial charge on any atom is -0.496 e. The minimum absolute atomic E-state index is 0.232. The summed E-state index contributed by atoms with van der Waals surface area (Å²) >= 11 is 6.17. The number of nitrogens with one attached hydrogen (secondary N) is 2. The lowest BCUT2D eigenvalue weighted by molar-refractivity contribution is 0.0950. The van der Waals surface area contributed by atoms with Crippen molar-refractivity contribution in [3.05, 3.63) is 94.5 Å². The summed E-state index contributed by atoms with van der Waals surface area (Å²) in [6.07, 6.45) is 0. The van der Waals surface area contributed by atoms with E-state index in [1.54, 1.807) is 31.4 Å². The van der Waals surface area contributed by atoms with Crippen LogP contribution in [-0.4, -0.2) is 18.9 Å². The minimum atomic E-state index is -0.379. The number of rotatable bonds is 6. The molecule has 3 aromatic rings. The van der Waals surface area contributed by atoms with Crippen LogP contribution in [-0.2, 0) is 6.54 Å². The van der Waals surface area contributed by atoms with Gasteiger partial charge in [0.1, 0.15) is 5.75 Å². The number of benzene rings is 3. The molecule has 0 atom stereocenters.